The summed E-state index contributed by atoms with van der Waals surface area (Å²) >= 11 is 0. The summed E-state index contributed by atoms with van der Waals surface area (Å²) in [4.78, 5) is 42.4. The maximum atomic E-state index is 10.9. The van der Waals surface area contributed by atoms with Crippen LogP contribution in [0.3, 0.4) is 0 Å². The minimum absolute atomic E-state index is 0.0352. The number of nitrogens with two attached hydrogens (primary N) is 1. The third kappa shape index (κ3) is 5.99. The molecule has 0 aromatic rings. The first kappa shape index (κ1) is 18.3. The number of hydrogen-bond donors (Lipinski definition) is 5. The highest BCUT2D eigenvalue weighted by Crippen LogP contribution is 2.24. The smallest absolute Gasteiger partial charge is 0.417 e. The molecule has 10 nitrogen and oxygen atoms in total. The second-order valence-corrected chi connectivity index (χ2v) is 5.86. The summed E-state index contributed by atoms with van der Waals surface area (Å²) in [6.45, 7) is 0. The van der Waals surface area contributed by atoms with Crippen molar-refractivity contribution in [3.8, 4) is 0 Å². The van der Waals surface area contributed by atoms with Crippen LogP contribution in [-0.2, 0) is 9.59 Å². The van der Waals surface area contributed by atoms with Gasteiger partial charge in [0.2, 0.25) is 0 Å². The van der Waals surface area contributed by atoms with Crippen LogP contribution in [0.1, 0.15) is 0 Å². The number of imide groups is 1. The van der Waals surface area contributed by atoms with Gasteiger partial charge in [0.05, 0.1) is 0 Å². The van der Waals surface area contributed by atoms with E-state index in [0.717, 1.165) is 21.6 Å². The fourth-order valence-corrected chi connectivity index (χ4v) is 3.22. The number of rotatable bonds is 8. The van der Waals surface area contributed by atoms with Gasteiger partial charge in [-0.2, -0.15) is 4.90 Å². The van der Waals surface area contributed by atoms with Crippen molar-refractivity contribution < 1.29 is 39.6 Å². The fraction of sp³-hybridized carbons (Fsp3) is 0.500. The second-order valence-electron chi connectivity index (χ2n) is 3.30. The van der Waals surface area contributed by atoms with Gasteiger partial charge in [-0.25, -0.2) is 14.4 Å². The number of hydrogen-bond acceptors (Lipinski definition) is 7. The van der Waals surface area contributed by atoms with Crippen LogP contribution >= 0.6 is 21.6 Å². The van der Waals surface area contributed by atoms with E-state index in [4.69, 9.17) is 26.2 Å². The molecule has 0 aliphatic rings. The molecule has 0 spiro atoms. The lowest BCUT2D eigenvalue weighted by atomic mass is 10.3. The third-order valence-electron chi connectivity index (χ3n) is 1.88. The van der Waals surface area contributed by atoms with E-state index in [0.29, 0.717) is 0 Å². The summed E-state index contributed by atoms with van der Waals surface area (Å²) in [6, 6.07) is -2.94. The maximum Gasteiger partial charge on any atom is 0.417 e. The zero-order valence-electron chi connectivity index (χ0n) is 9.83. The quantitative estimate of drug-likeness (QED) is 0.296. The van der Waals surface area contributed by atoms with Crippen LogP contribution in [0, 0.1) is 0 Å². The fourth-order valence-electron chi connectivity index (χ4n) is 0.910. The third-order valence-corrected chi connectivity index (χ3v) is 4.31. The highest BCUT2D eigenvalue weighted by Gasteiger charge is 2.35. The average Bonchev–Trinajstić information content (AvgIpc) is 2.30. The molecular formula is C8H12N2O8S2. The van der Waals surface area contributed by atoms with Crippen molar-refractivity contribution in [3.05, 3.63) is 0 Å². The molecule has 0 aromatic carbocycles. The second kappa shape index (κ2) is 8.50. The Morgan fingerprint density at radius 1 is 0.900 bits per heavy atom. The number of carboxylic acids is 2. The molecule has 0 heterocycles. The van der Waals surface area contributed by atoms with Gasteiger partial charge in [0.1, 0.15) is 6.04 Å². The van der Waals surface area contributed by atoms with E-state index in [1.165, 1.54) is 0 Å². The largest absolute Gasteiger partial charge is 0.480 e. The molecule has 0 saturated carbocycles. The molecule has 0 rings (SSSR count). The first-order valence-corrected chi connectivity index (χ1v) is 7.38. The lowest BCUT2D eigenvalue weighted by Crippen LogP contribution is -2.48. The predicted molar refractivity (Wildman–Crippen MR) is 69.8 cm³/mol. The van der Waals surface area contributed by atoms with Crippen LogP contribution < -0.4 is 5.73 Å². The van der Waals surface area contributed by atoms with Crippen LogP contribution in [0.25, 0.3) is 0 Å². The van der Waals surface area contributed by atoms with E-state index in [1.807, 2.05) is 0 Å². The van der Waals surface area contributed by atoms with Gasteiger partial charge in [-0.1, -0.05) is 21.6 Å². The average molecular weight is 328 g/mol. The zero-order chi connectivity index (χ0) is 15.9. The molecule has 0 fully saturated rings. The molecule has 2 amide bonds. The van der Waals surface area contributed by atoms with Gasteiger partial charge in [0.25, 0.3) is 0 Å². The monoisotopic (exact) mass is 328 g/mol. The summed E-state index contributed by atoms with van der Waals surface area (Å²) in [5, 5.41) is 34.6. The molecule has 0 aliphatic carbocycles. The molecule has 12 heteroatoms. The van der Waals surface area contributed by atoms with Crippen molar-refractivity contribution in [2.45, 2.75) is 12.1 Å². The van der Waals surface area contributed by atoms with E-state index in [-0.39, 0.29) is 16.4 Å². The van der Waals surface area contributed by atoms with Gasteiger partial charge in [-0.05, 0) is 0 Å². The highest BCUT2D eigenvalue weighted by atomic mass is 33.1. The number of carboxylic acid groups (broad SMARTS) is 4. The van der Waals surface area contributed by atoms with Gasteiger partial charge >= 0.3 is 24.1 Å². The van der Waals surface area contributed by atoms with Crippen molar-refractivity contribution in [2.24, 2.45) is 5.73 Å². The summed E-state index contributed by atoms with van der Waals surface area (Å²) < 4.78 is 0. The molecular weight excluding hydrogens is 316 g/mol. The number of aliphatic carboxylic acids is 2. The maximum absolute atomic E-state index is 10.9. The first-order chi connectivity index (χ1) is 9.18. The Morgan fingerprint density at radius 2 is 1.35 bits per heavy atom. The van der Waals surface area contributed by atoms with E-state index in [2.05, 4.69) is 0 Å². The van der Waals surface area contributed by atoms with Crippen LogP contribution in [0.5, 0.6) is 0 Å². The molecule has 0 saturated heterocycles. The van der Waals surface area contributed by atoms with Gasteiger partial charge in [0.15, 0.2) is 6.04 Å². The van der Waals surface area contributed by atoms with Crippen molar-refractivity contribution in [1.29, 1.82) is 0 Å². The molecule has 0 aromatic heterocycles. The summed E-state index contributed by atoms with van der Waals surface area (Å²) in [7, 11) is 1.73. The van der Waals surface area contributed by atoms with Crippen molar-refractivity contribution in [1.82, 2.24) is 4.90 Å². The van der Waals surface area contributed by atoms with E-state index in [1.54, 1.807) is 0 Å². The molecule has 1 unspecified atom stereocenters. The van der Waals surface area contributed by atoms with E-state index < -0.39 is 36.2 Å². The number of nitrogens with zero attached hydrogens (tertiary/aromatic N) is 1. The lowest BCUT2D eigenvalue weighted by molar-refractivity contribution is -0.141. The Hall–Kier alpha value is -1.66. The minimum atomic E-state index is -1.90. The van der Waals surface area contributed by atoms with Crippen molar-refractivity contribution >= 4 is 45.7 Å². The highest BCUT2D eigenvalue weighted by molar-refractivity contribution is 8.76. The summed E-state index contributed by atoms with van der Waals surface area (Å²) in [5.74, 6) is -3.26. The Balaban J connectivity index is 4.50. The van der Waals surface area contributed by atoms with Crippen LogP contribution in [0.2, 0.25) is 0 Å². The van der Waals surface area contributed by atoms with Crippen LogP contribution in [-0.4, -0.2) is 73.0 Å². The molecule has 6 N–H and O–H groups in total. The molecule has 0 bridgehead atoms. The first-order valence-electron chi connectivity index (χ1n) is 4.89. The molecule has 2 atom stereocenters. The molecule has 20 heavy (non-hydrogen) atoms. The van der Waals surface area contributed by atoms with Crippen LogP contribution in [0.4, 0.5) is 9.59 Å². The Kier molecular flexibility index (Phi) is 7.79. The van der Waals surface area contributed by atoms with Crippen LogP contribution in [0.15, 0.2) is 0 Å². The lowest BCUT2D eigenvalue weighted by Gasteiger charge is -2.20. The number of carbonyl (C=O) groups is 4. The topological polar surface area (TPSA) is 178 Å². The number of amides is 2. The zero-order valence-corrected chi connectivity index (χ0v) is 11.5. The van der Waals surface area contributed by atoms with Crippen molar-refractivity contribution in [2.75, 3.05) is 11.5 Å². The van der Waals surface area contributed by atoms with Gasteiger partial charge in [0, 0.05) is 11.5 Å². The molecule has 0 aliphatic heterocycles. The predicted octanol–water partition coefficient (Wildman–Crippen LogP) is -0.109. The molecule has 0 radical (unpaired) electrons. The Morgan fingerprint density at radius 3 is 1.70 bits per heavy atom. The molecule has 114 valence electrons. The van der Waals surface area contributed by atoms with Gasteiger partial charge in [-0.15, -0.1) is 0 Å². The summed E-state index contributed by atoms with van der Waals surface area (Å²) in [6.07, 6.45) is -3.81. The Bertz CT molecular complexity index is 390. The Labute approximate surface area is 120 Å². The SMILES string of the molecule is NC(CSSC[C@@H](C(=O)O)N(C(=O)O)C(=O)O)C(=O)O. The van der Waals surface area contributed by atoms with E-state index in [9.17, 15) is 19.2 Å². The van der Waals surface area contributed by atoms with Gasteiger partial charge < -0.3 is 26.2 Å². The minimum Gasteiger partial charge on any atom is -0.480 e. The van der Waals surface area contributed by atoms with Gasteiger partial charge in [-0.3, -0.25) is 4.79 Å². The summed E-state index contributed by atoms with van der Waals surface area (Å²) in [5.41, 5.74) is 5.20. The van der Waals surface area contributed by atoms with Crippen molar-refractivity contribution in [3.63, 3.8) is 0 Å². The standard InChI is InChI=1S/C8H12N2O8S2/c9-3(5(11)12)1-19-20-2-4(6(13)14)10(7(15)16)8(17)18/h3-4H,1-2,9H2,(H,11,12)(H,13,14)(H,15,16)(H,17,18)/t3?,4-/m0/s1. The normalized spacial score (nSPS) is 13.2. The van der Waals surface area contributed by atoms with E-state index >= 15 is 0 Å².